The van der Waals surface area contributed by atoms with Crippen molar-refractivity contribution in [3.8, 4) is 11.5 Å². The zero-order chi connectivity index (χ0) is 19.1. The van der Waals surface area contributed by atoms with E-state index in [1.54, 1.807) is 19.2 Å². The Labute approximate surface area is 159 Å². The fourth-order valence-electron chi connectivity index (χ4n) is 2.98. The second kappa shape index (κ2) is 8.90. The summed E-state index contributed by atoms with van der Waals surface area (Å²) in [5.74, 6) is 0.948. The lowest BCUT2D eigenvalue weighted by Gasteiger charge is -2.22. The SMILES string of the molecule is COc1ccccc1OCC(=O)NC(c1ccccc1)c1ccccc1C. The molecule has 27 heavy (non-hydrogen) atoms. The van der Waals surface area contributed by atoms with E-state index >= 15 is 0 Å². The van der Waals surface area contributed by atoms with Gasteiger partial charge in [0.1, 0.15) is 0 Å². The smallest absolute Gasteiger partial charge is 0.258 e. The standard InChI is InChI=1S/C23H23NO3/c1-17-10-6-7-13-19(17)23(18-11-4-3-5-12-18)24-22(25)16-27-21-15-9-8-14-20(21)26-2/h3-15,23H,16H2,1-2H3,(H,24,25). The van der Waals surface area contributed by atoms with E-state index in [4.69, 9.17) is 9.47 Å². The molecule has 0 saturated heterocycles. The van der Waals surface area contributed by atoms with Gasteiger partial charge in [-0.3, -0.25) is 4.79 Å². The van der Waals surface area contributed by atoms with Gasteiger partial charge in [0, 0.05) is 0 Å². The minimum atomic E-state index is -0.235. The van der Waals surface area contributed by atoms with Crippen LogP contribution in [0.1, 0.15) is 22.7 Å². The first kappa shape index (κ1) is 18.5. The zero-order valence-electron chi connectivity index (χ0n) is 15.5. The lowest BCUT2D eigenvalue weighted by molar-refractivity contribution is -0.123. The van der Waals surface area contributed by atoms with Crippen LogP contribution in [0.2, 0.25) is 0 Å². The summed E-state index contributed by atoms with van der Waals surface area (Å²) in [5, 5.41) is 3.09. The minimum Gasteiger partial charge on any atom is -0.493 e. The first-order chi connectivity index (χ1) is 13.2. The molecule has 0 aliphatic rings. The highest BCUT2D eigenvalue weighted by Crippen LogP contribution is 2.27. The third kappa shape index (κ3) is 4.67. The molecule has 0 bridgehead atoms. The maximum absolute atomic E-state index is 12.6. The Bertz CT molecular complexity index is 893. The first-order valence-corrected chi connectivity index (χ1v) is 8.84. The van der Waals surface area contributed by atoms with E-state index in [2.05, 4.69) is 5.32 Å². The second-order valence-electron chi connectivity index (χ2n) is 6.21. The number of hydrogen-bond donors (Lipinski definition) is 1. The van der Waals surface area contributed by atoms with Crippen LogP contribution in [0.15, 0.2) is 78.9 Å². The number of methoxy groups -OCH3 is 1. The van der Waals surface area contributed by atoms with E-state index in [0.29, 0.717) is 11.5 Å². The molecule has 3 aromatic carbocycles. The Morgan fingerprint density at radius 3 is 2.22 bits per heavy atom. The summed E-state index contributed by atoms with van der Waals surface area (Å²) >= 11 is 0. The predicted molar refractivity (Wildman–Crippen MR) is 106 cm³/mol. The number of aryl methyl sites for hydroxylation is 1. The van der Waals surface area contributed by atoms with Gasteiger partial charge in [-0.2, -0.15) is 0 Å². The van der Waals surface area contributed by atoms with Crippen LogP contribution in [0.4, 0.5) is 0 Å². The molecule has 0 aliphatic heterocycles. The van der Waals surface area contributed by atoms with Crippen molar-refractivity contribution in [1.82, 2.24) is 5.32 Å². The third-order valence-corrected chi connectivity index (χ3v) is 4.37. The summed E-state index contributed by atoms with van der Waals surface area (Å²) in [4.78, 5) is 12.6. The quantitative estimate of drug-likeness (QED) is 0.683. The summed E-state index contributed by atoms with van der Waals surface area (Å²) < 4.78 is 10.9. The van der Waals surface area contributed by atoms with Gasteiger partial charge in [-0.25, -0.2) is 0 Å². The Hall–Kier alpha value is -3.27. The summed E-state index contributed by atoms with van der Waals surface area (Å²) in [6.07, 6.45) is 0. The summed E-state index contributed by atoms with van der Waals surface area (Å²) in [6, 6.07) is 25.0. The van der Waals surface area contributed by atoms with E-state index in [9.17, 15) is 4.79 Å². The van der Waals surface area contributed by atoms with E-state index in [1.807, 2.05) is 73.7 Å². The van der Waals surface area contributed by atoms with Crippen LogP contribution >= 0.6 is 0 Å². The number of carbonyl (C=O) groups is 1. The van der Waals surface area contributed by atoms with Crippen LogP contribution in [0.25, 0.3) is 0 Å². The van der Waals surface area contributed by atoms with Gasteiger partial charge >= 0.3 is 0 Å². The Kier molecular flexibility index (Phi) is 6.10. The second-order valence-corrected chi connectivity index (χ2v) is 6.21. The number of ether oxygens (including phenoxy) is 2. The molecule has 3 rings (SSSR count). The van der Waals surface area contributed by atoms with Crippen molar-refractivity contribution in [2.45, 2.75) is 13.0 Å². The van der Waals surface area contributed by atoms with Gasteiger partial charge in [-0.15, -0.1) is 0 Å². The first-order valence-electron chi connectivity index (χ1n) is 8.84. The highest BCUT2D eigenvalue weighted by atomic mass is 16.5. The van der Waals surface area contributed by atoms with Crippen LogP contribution in [-0.4, -0.2) is 19.6 Å². The van der Waals surface area contributed by atoms with Crippen molar-refractivity contribution >= 4 is 5.91 Å². The molecular formula is C23H23NO3. The van der Waals surface area contributed by atoms with Gasteiger partial charge in [0.15, 0.2) is 18.1 Å². The van der Waals surface area contributed by atoms with Gasteiger partial charge in [0.05, 0.1) is 13.2 Å². The van der Waals surface area contributed by atoms with Crippen LogP contribution in [0.3, 0.4) is 0 Å². The van der Waals surface area contributed by atoms with Crippen molar-refractivity contribution < 1.29 is 14.3 Å². The van der Waals surface area contributed by atoms with Gasteiger partial charge < -0.3 is 14.8 Å². The summed E-state index contributed by atoms with van der Waals surface area (Å²) in [6.45, 7) is 1.96. The van der Waals surface area contributed by atoms with Gasteiger partial charge in [-0.1, -0.05) is 66.7 Å². The topological polar surface area (TPSA) is 47.6 Å². The van der Waals surface area contributed by atoms with E-state index in [-0.39, 0.29) is 18.6 Å². The number of nitrogens with one attached hydrogen (secondary N) is 1. The van der Waals surface area contributed by atoms with Gasteiger partial charge in [0.2, 0.25) is 0 Å². The largest absolute Gasteiger partial charge is 0.493 e. The monoisotopic (exact) mass is 361 g/mol. The molecule has 3 aromatic rings. The molecule has 1 N–H and O–H groups in total. The van der Waals surface area contributed by atoms with E-state index < -0.39 is 0 Å². The summed E-state index contributed by atoms with van der Waals surface area (Å²) in [7, 11) is 1.58. The summed E-state index contributed by atoms with van der Waals surface area (Å²) in [5.41, 5.74) is 3.21. The molecular weight excluding hydrogens is 338 g/mol. The number of benzene rings is 3. The lowest BCUT2D eigenvalue weighted by atomic mass is 9.95. The Balaban J connectivity index is 1.76. The van der Waals surface area contributed by atoms with Crippen LogP contribution in [0.5, 0.6) is 11.5 Å². The molecule has 138 valence electrons. The van der Waals surface area contributed by atoms with Crippen molar-refractivity contribution in [1.29, 1.82) is 0 Å². The maximum atomic E-state index is 12.6. The molecule has 1 unspecified atom stereocenters. The fourth-order valence-corrected chi connectivity index (χ4v) is 2.98. The molecule has 1 amide bonds. The van der Waals surface area contributed by atoms with Gasteiger partial charge in [0.25, 0.3) is 5.91 Å². The number of hydrogen-bond acceptors (Lipinski definition) is 3. The molecule has 0 aromatic heterocycles. The van der Waals surface area contributed by atoms with Crippen LogP contribution < -0.4 is 14.8 Å². The average molecular weight is 361 g/mol. The molecule has 4 nitrogen and oxygen atoms in total. The van der Waals surface area contributed by atoms with E-state index in [1.165, 1.54) is 0 Å². The van der Waals surface area contributed by atoms with Crippen molar-refractivity contribution in [2.24, 2.45) is 0 Å². The lowest BCUT2D eigenvalue weighted by Crippen LogP contribution is -2.33. The van der Waals surface area contributed by atoms with Crippen molar-refractivity contribution in [3.63, 3.8) is 0 Å². The number of carbonyl (C=O) groups excluding carboxylic acids is 1. The van der Waals surface area contributed by atoms with E-state index in [0.717, 1.165) is 16.7 Å². The zero-order valence-corrected chi connectivity index (χ0v) is 15.5. The van der Waals surface area contributed by atoms with Crippen molar-refractivity contribution in [3.05, 3.63) is 95.6 Å². The number of rotatable bonds is 7. The van der Waals surface area contributed by atoms with Crippen molar-refractivity contribution in [2.75, 3.05) is 13.7 Å². The molecule has 0 radical (unpaired) electrons. The Morgan fingerprint density at radius 2 is 1.52 bits per heavy atom. The minimum absolute atomic E-state index is 0.0877. The van der Waals surface area contributed by atoms with Gasteiger partial charge in [-0.05, 0) is 35.7 Å². The molecule has 0 fully saturated rings. The molecule has 4 heteroatoms. The molecule has 0 aliphatic carbocycles. The highest BCUT2D eigenvalue weighted by Gasteiger charge is 2.19. The number of amides is 1. The molecule has 0 spiro atoms. The molecule has 1 atom stereocenters. The third-order valence-electron chi connectivity index (χ3n) is 4.37. The predicted octanol–water partition coefficient (Wildman–Crippen LogP) is 4.29. The molecule has 0 saturated carbocycles. The number of para-hydroxylation sites is 2. The molecule has 0 heterocycles. The fraction of sp³-hybridized carbons (Fsp3) is 0.174. The average Bonchev–Trinajstić information content (AvgIpc) is 2.72. The van der Waals surface area contributed by atoms with Crippen LogP contribution in [0, 0.1) is 6.92 Å². The normalized spacial score (nSPS) is 11.5. The maximum Gasteiger partial charge on any atom is 0.258 e. The van der Waals surface area contributed by atoms with Crippen LogP contribution in [-0.2, 0) is 4.79 Å². The highest BCUT2D eigenvalue weighted by molar-refractivity contribution is 5.78. The Morgan fingerprint density at radius 1 is 0.889 bits per heavy atom.